The number of nitrogens with one attached hydrogen (secondary N) is 4. The van der Waals surface area contributed by atoms with Crippen molar-refractivity contribution in [3.63, 3.8) is 0 Å². The van der Waals surface area contributed by atoms with Crippen molar-refractivity contribution in [2.45, 2.75) is 25.9 Å². The third-order valence-electron chi connectivity index (χ3n) is 5.39. The summed E-state index contributed by atoms with van der Waals surface area (Å²) in [6.45, 7) is 3.67. The average Bonchev–Trinajstić information content (AvgIpc) is 3.15. The minimum atomic E-state index is -0.537. The number of aromatic amines is 1. The van der Waals surface area contributed by atoms with E-state index in [1.54, 1.807) is 11.6 Å². The second-order valence-electron chi connectivity index (χ2n) is 7.33. The standard InChI is InChI=1S/C23H26N4O2/c28-22(27-29)9-8-16-4-6-17(7-5-16)14-24-12-10-18-2-1-3-20-19-11-13-25-15-21(19)26-23(18)20/h1-9,24-26,29H,10-15H2,(H,27,28)/b9-8+. The molecule has 6 nitrogen and oxygen atoms in total. The Hall–Kier alpha value is -2.93. The number of amides is 1. The fraction of sp³-hybridized carbons (Fsp3) is 0.261. The van der Waals surface area contributed by atoms with Crippen LogP contribution in [0.4, 0.5) is 0 Å². The molecule has 0 atom stereocenters. The highest BCUT2D eigenvalue weighted by atomic mass is 16.5. The van der Waals surface area contributed by atoms with Crippen molar-refractivity contribution in [1.82, 2.24) is 21.1 Å². The number of aromatic nitrogens is 1. The van der Waals surface area contributed by atoms with E-state index in [0.717, 1.165) is 44.6 Å². The summed E-state index contributed by atoms with van der Waals surface area (Å²) in [5, 5.41) is 16.8. The number of hydrogen-bond donors (Lipinski definition) is 5. The minimum absolute atomic E-state index is 0.537. The second-order valence-corrected chi connectivity index (χ2v) is 7.33. The lowest BCUT2D eigenvalue weighted by molar-refractivity contribution is -0.124. The Morgan fingerprint density at radius 2 is 2.03 bits per heavy atom. The number of carbonyl (C=O) groups excluding carboxylic acids is 1. The zero-order valence-corrected chi connectivity index (χ0v) is 16.3. The molecule has 0 fully saturated rings. The van der Waals surface area contributed by atoms with E-state index in [1.807, 2.05) is 24.3 Å². The fourth-order valence-electron chi connectivity index (χ4n) is 3.87. The van der Waals surface area contributed by atoms with Crippen molar-refractivity contribution in [2.75, 3.05) is 13.1 Å². The topological polar surface area (TPSA) is 89.2 Å². The van der Waals surface area contributed by atoms with Crippen LogP contribution in [0.1, 0.15) is 27.9 Å². The molecule has 0 aliphatic carbocycles. The van der Waals surface area contributed by atoms with Crippen LogP contribution in [0.5, 0.6) is 0 Å². The minimum Gasteiger partial charge on any atom is -0.357 e. The molecule has 3 aromatic rings. The van der Waals surface area contributed by atoms with Gasteiger partial charge in [-0.2, -0.15) is 0 Å². The van der Waals surface area contributed by atoms with Crippen molar-refractivity contribution in [3.05, 3.63) is 76.5 Å². The van der Waals surface area contributed by atoms with E-state index in [-0.39, 0.29) is 0 Å². The molecule has 150 valence electrons. The van der Waals surface area contributed by atoms with Crippen molar-refractivity contribution >= 4 is 22.9 Å². The lowest BCUT2D eigenvalue weighted by atomic mass is 10.0. The summed E-state index contributed by atoms with van der Waals surface area (Å²) in [6.07, 6.45) is 5.02. The number of fused-ring (bicyclic) bond motifs is 3. The van der Waals surface area contributed by atoms with Crippen LogP contribution in [-0.4, -0.2) is 29.2 Å². The van der Waals surface area contributed by atoms with Gasteiger partial charge in [-0.15, -0.1) is 0 Å². The lowest BCUT2D eigenvalue weighted by Crippen LogP contribution is -2.22. The van der Waals surface area contributed by atoms with Gasteiger partial charge in [0.1, 0.15) is 0 Å². The first-order valence-electron chi connectivity index (χ1n) is 9.98. The molecule has 6 heteroatoms. The highest BCUT2D eigenvalue weighted by Crippen LogP contribution is 2.27. The van der Waals surface area contributed by atoms with Crippen LogP contribution >= 0.6 is 0 Å². The van der Waals surface area contributed by atoms with Gasteiger partial charge in [0.2, 0.25) is 0 Å². The van der Waals surface area contributed by atoms with Crippen LogP contribution in [-0.2, 0) is 30.7 Å². The number of benzene rings is 2. The third-order valence-corrected chi connectivity index (χ3v) is 5.39. The summed E-state index contributed by atoms with van der Waals surface area (Å²) in [7, 11) is 0. The van der Waals surface area contributed by atoms with Crippen LogP contribution in [0.2, 0.25) is 0 Å². The maximum Gasteiger partial charge on any atom is 0.267 e. The summed E-state index contributed by atoms with van der Waals surface area (Å²) in [5.41, 5.74) is 9.12. The van der Waals surface area contributed by atoms with Gasteiger partial charge in [-0.25, -0.2) is 5.48 Å². The number of carbonyl (C=O) groups is 1. The molecule has 29 heavy (non-hydrogen) atoms. The van der Waals surface area contributed by atoms with Gasteiger partial charge >= 0.3 is 0 Å². The summed E-state index contributed by atoms with van der Waals surface area (Å²) in [6, 6.07) is 14.6. The van der Waals surface area contributed by atoms with E-state index < -0.39 is 5.91 Å². The molecule has 0 unspecified atom stereocenters. The number of rotatable bonds is 7. The molecule has 1 aromatic heterocycles. The van der Waals surface area contributed by atoms with Crippen molar-refractivity contribution in [2.24, 2.45) is 0 Å². The van der Waals surface area contributed by atoms with Crippen molar-refractivity contribution in [1.29, 1.82) is 0 Å². The number of para-hydroxylation sites is 1. The molecular weight excluding hydrogens is 364 g/mol. The maximum absolute atomic E-state index is 11.0. The van der Waals surface area contributed by atoms with E-state index >= 15 is 0 Å². The number of H-pyrrole nitrogens is 1. The molecule has 0 bridgehead atoms. The number of hydrogen-bond acceptors (Lipinski definition) is 4. The molecule has 0 radical (unpaired) electrons. The van der Waals surface area contributed by atoms with Gasteiger partial charge in [0.15, 0.2) is 0 Å². The summed E-state index contributed by atoms with van der Waals surface area (Å²) in [5.74, 6) is -0.537. The zero-order valence-electron chi connectivity index (χ0n) is 16.3. The molecule has 0 saturated heterocycles. The lowest BCUT2D eigenvalue weighted by Gasteiger charge is -2.12. The van der Waals surface area contributed by atoms with Crippen LogP contribution < -0.4 is 16.1 Å². The molecule has 0 spiro atoms. The number of hydroxylamine groups is 1. The van der Waals surface area contributed by atoms with E-state index in [1.165, 1.54) is 39.4 Å². The second kappa shape index (κ2) is 9.05. The predicted octanol–water partition coefficient (Wildman–Crippen LogP) is 2.66. The summed E-state index contributed by atoms with van der Waals surface area (Å²) < 4.78 is 0. The first-order chi connectivity index (χ1) is 14.2. The first kappa shape index (κ1) is 19.4. The maximum atomic E-state index is 11.0. The fourth-order valence-corrected chi connectivity index (χ4v) is 3.87. The van der Waals surface area contributed by atoms with E-state index in [4.69, 9.17) is 5.21 Å². The summed E-state index contributed by atoms with van der Waals surface area (Å²) >= 11 is 0. The summed E-state index contributed by atoms with van der Waals surface area (Å²) in [4.78, 5) is 14.7. The Bertz CT molecular complexity index is 1020. The van der Waals surface area contributed by atoms with Crippen LogP contribution in [0.3, 0.4) is 0 Å². The van der Waals surface area contributed by atoms with Gasteiger partial charge in [0.05, 0.1) is 0 Å². The Morgan fingerprint density at radius 1 is 1.17 bits per heavy atom. The van der Waals surface area contributed by atoms with Gasteiger partial charge < -0.3 is 15.6 Å². The monoisotopic (exact) mass is 390 g/mol. The van der Waals surface area contributed by atoms with Crippen molar-refractivity contribution < 1.29 is 10.0 Å². The molecular formula is C23H26N4O2. The Balaban J connectivity index is 1.32. The Morgan fingerprint density at radius 3 is 2.86 bits per heavy atom. The van der Waals surface area contributed by atoms with Gasteiger partial charge in [-0.05, 0) is 54.3 Å². The first-order valence-corrected chi connectivity index (χ1v) is 9.98. The molecule has 2 heterocycles. The van der Waals surface area contributed by atoms with Crippen LogP contribution in [0.15, 0.2) is 48.5 Å². The smallest absolute Gasteiger partial charge is 0.267 e. The highest BCUT2D eigenvalue weighted by molar-refractivity contribution is 5.90. The van der Waals surface area contributed by atoms with Gasteiger partial charge in [0.25, 0.3) is 5.91 Å². The largest absolute Gasteiger partial charge is 0.357 e. The molecule has 1 amide bonds. The molecule has 5 N–H and O–H groups in total. The third kappa shape index (κ3) is 4.56. The van der Waals surface area contributed by atoms with E-state index in [2.05, 4.69) is 33.8 Å². The van der Waals surface area contributed by atoms with Gasteiger partial charge in [-0.1, -0.05) is 42.5 Å². The molecule has 0 saturated carbocycles. The zero-order chi connectivity index (χ0) is 20.1. The SMILES string of the molecule is O=C(/C=C/c1ccc(CNCCc2cccc3c4c([nH]c23)CNCC4)cc1)NO. The van der Waals surface area contributed by atoms with Gasteiger partial charge in [0, 0.05) is 35.8 Å². The Kier molecular flexibility index (Phi) is 6.05. The quantitative estimate of drug-likeness (QED) is 0.186. The predicted molar refractivity (Wildman–Crippen MR) is 115 cm³/mol. The van der Waals surface area contributed by atoms with Crippen LogP contribution in [0, 0.1) is 0 Å². The van der Waals surface area contributed by atoms with Gasteiger partial charge in [-0.3, -0.25) is 10.0 Å². The van der Waals surface area contributed by atoms with E-state index in [0.29, 0.717) is 0 Å². The molecule has 4 rings (SSSR count). The highest BCUT2D eigenvalue weighted by Gasteiger charge is 2.16. The normalized spacial score (nSPS) is 13.7. The van der Waals surface area contributed by atoms with Crippen LogP contribution in [0.25, 0.3) is 17.0 Å². The molecule has 1 aliphatic rings. The Labute approximate surface area is 170 Å². The van der Waals surface area contributed by atoms with Crippen molar-refractivity contribution in [3.8, 4) is 0 Å². The molecule has 1 aliphatic heterocycles. The average molecular weight is 390 g/mol. The van der Waals surface area contributed by atoms with E-state index in [9.17, 15) is 4.79 Å². The molecule has 2 aromatic carbocycles.